The van der Waals surface area contributed by atoms with Crippen LogP contribution in [0.4, 0.5) is 4.79 Å². The summed E-state index contributed by atoms with van der Waals surface area (Å²) in [5.41, 5.74) is 2.67. The highest BCUT2D eigenvalue weighted by Crippen LogP contribution is 2.22. The minimum Gasteiger partial charge on any atom is -0.346 e. The van der Waals surface area contributed by atoms with Crippen LogP contribution in [-0.2, 0) is 13.0 Å². The number of nitrogens with zero attached hydrogens (tertiary/aromatic N) is 1. The molecule has 0 saturated heterocycles. The van der Waals surface area contributed by atoms with Crippen LogP contribution in [0.15, 0.2) is 42.6 Å². The molecular formula is C17H16Cl2N4O. The Bertz CT molecular complexity index is 863. The van der Waals surface area contributed by atoms with Gasteiger partial charge in [-0.2, -0.15) is 0 Å². The van der Waals surface area contributed by atoms with E-state index in [1.165, 1.54) is 0 Å². The molecule has 2 aromatic heterocycles. The molecule has 3 rings (SSSR count). The predicted octanol–water partition coefficient (Wildman–Crippen LogP) is 3.91. The maximum atomic E-state index is 11.8. The van der Waals surface area contributed by atoms with Gasteiger partial charge in [0.1, 0.15) is 5.65 Å². The molecule has 0 aliphatic carbocycles. The van der Waals surface area contributed by atoms with E-state index in [0.717, 1.165) is 22.3 Å². The van der Waals surface area contributed by atoms with Gasteiger partial charge in [0.15, 0.2) is 0 Å². The summed E-state index contributed by atoms with van der Waals surface area (Å²) in [5, 5.41) is 7.63. The van der Waals surface area contributed by atoms with Crippen molar-refractivity contribution < 1.29 is 4.79 Å². The molecular weight excluding hydrogens is 347 g/mol. The lowest BCUT2D eigenvalue weighted by atomic mass is 10.2. The second kappa shape index (κ2) is 7.55. The van der Waals surface area contributed by atoms with Gasteiger partial charge in [-0.05, 0) is 35.9 Å². The zero-order valence-corrected chi connectivity index (χ0v) is 14.3. The largest absolute Gasteiger partial charge is 0.346 e. The summed E-state index contributed by atoms with van der Waals surface area (Å²) >= 11 is 11.8. The van der Waals surface area contributed by atoms with Crippen LogP contribution < -0.4 is 10.6 Å². The van der Waals surface area contributed by atoms with Gasteiger partial charge in [-0.1, -0.05) is 29.3 Å². The van der Waals surface area contributed by atoms with Crippen molar-refractivity contribution in [3.8, 4) is 0 Å². The lowest BCUT2D eigenvalue weighted by Crippen LogP contribution is -2.36. The maximum Gasteiger partial charge on any atom is 0.315 e. The number of H-pyrrole nitrogens is 1. The molecule has 0 spiro atoms. The molecule has 2 heterocycles. The molecule has 0 saturated carbocycles. The number of pyridine rings is 1. The standard InChI is InChI=1S/C17H16Cl2N4O/c18-14-4-1-11(9-15(14)19)10-22-17(24)21-8-6-13-3-2-12-5-7-20-16(12)23-13/h1-5,7,9H,6,8,10H2,(H,20,23)(H2,21,22,24). The number of rotatable bonds is 5. The number of carbonyl (C=O) groups excluding carboxylic acids is 1. The predicted molar refractivity (Wildman–Crippen MR) is 96.5 cm³/mol. The van der Waals surface area contributed by atoms with E-state index in [4.69, 9.17) is 23.2 Å². The van der Waals surface area contributed by atoms with Crippen molar-refractivity contribution in [2.24, 2.45) is 0 Å². The number of nitrogens with one attached hydrogen (secondary N) is 3. The molecule has 3 N–H and O–H groups in total. The number of carbonyl (C=O) groups is 1. The van der Waals surface area contributed by atoms with Gasteiger partial charge >= 0.3 is 6.03 Å². The Morgan fingerprint density at radius 2 is 1.96 bits per heavy atom. The monoisotopic (exact) mass is 362 g/mol. The Balaban J connectivity index is 1.44. The van der Waals surface area contributed by atoms with Gasteiger partial charge in [-0.3, -0.25) is 0 Å². The number of urea groups is 1. The Labute approximate surface area is 149 Å². The highest BCUT2D eigenvalue weighted by atomic mass is 35.5. The first-order valence-electron chi connectivity index (χ1n) is 7.50. The third-order valence-electron chi connectivity index (χ3n) is 3.57. The fourth-order valence-corrected chi connectivity index (χ4v) is 2.63. The first-order valence-corrected chi connectivity index (χ1v) is 8.26. The number of hydrogen-bond donors (Lipinski definition) is 3. The van der Waals surface area contributed by atoms with Gasteiger partial charge < -0.3 is 15.6 Å². The molecule has 5 nitrogen and oxygen atoms in total. The second-order valence-electron chi connectivity index (χ2n) is 5.33. The smallest absolute Gasteiger partial charge is 0.315 e. The second-order valence-corrected chi connectivity index (χ2v) is 6.14. The molecule has 0 radical (unpaired) electrons. The van der Waals surface area contributed by atoms with Gasteiger partial charge in [0.25, 0.3) is 0 Å². The van der Waals surface area contributed by atoms with Crippen molar-refractivity contribution in [1.29, 1.82) is 0 Å². The zero-order valence-electron chi connectivity index (χ0n) is 12.8. The van der Waals surface area contributed by atoms with Crippen molar-refractivity contribution in [1.82, 2.24) is 20.6 Å². The molecule has 0 unspecified atom stereocenters. The van der Waals surface area contributed by atoms with Crippen LogP contribution in [0.1, 0.15) is 11.3 Å². The van der Waals surface area contributed by atoms with Crippen LogP contribution in [0, 0.1) is 0 Å². The Kier molecular flexibility index (Phi) is 5.23. The van der Waals surface area contributed by atoms with Crippen LogP contribution >= 0.6 is 23.2 Å². The van der Waals surface area contributed by atoms with Gasteiger partial charge in [0.2, 0.25) is 0 Å². The van der Waals surface area contributed by atoms with Crippen molar-refractivity contribution in [3.05, 3.63) is 63.9 Å². The molecule has 0 bridgehead atoms. The maximum absolute atomic E-state index is 11.8. The normalized spacial score (nSPS) is 10.8. The summed E-state index contributed by atoms with van der Waals surface area (Å²) in [6.45, 7) is 0.891. The van der Waals surface area contributed by atoms with E-state index in [-0.39, 0.29) is 6.03 Å². The summed E-state index contributed by atoms with van der Waals surface area (Å²) in [7, 11) is 0. The van der Waals surface area contributed by atoms with Gasteiger partial charge in [0, 0.05) is 36.8 Å². The van der Waals surface area contributed by atoms with E-state index >= 15 is 0 Å². The molecule has 3 aromatic rings. The lowest BCUT2D eigenvalue weighted by molar-refractivity contribution is 0.240. The first kappa shape index (κ1) is 16.6. The minimum atomic E-state index is -0.234. The summed E-state index contributed by atoms with van der Waals surface area (Å²) < 4.78 is 0. The number of aromatic nitrogens is 2. The molecule has 0 atom stereocenters. The van der Waals surface area contributed by atoms with E-state index in [1.807, 2.05) is 30.5 Å². The number of hydrogen-bond acceptors (Lipinski definition) is 2. The highest BCUT2D eigenvalue weighted by molar-refractivity contribution is 6.42. The summed E-state index contributed by atoms with van der Waals surface area (Å²) in [6.07, 6.45) is 2.52. The van der Waals surface area contributed by atoms with Crippen molar-refractivity contribution in [2.45, 2.75) is 13.0 Å². The Morgan fingerprint density at radius 1 is 1.08 bits per heavy atom. The van der Waals surface area contributed by atoms with Crippen LogP contribution in [0.3, 0.4) is 0 Å². The fraction of sp³-hybridized carbons (Fsp3) is 0.176. The summed E-state index contributed by atoms with van der Waals surface area (Å²) in [4.78, 5) is 19.4. The van der Waals surface area contributed by atoms with Crippen molar-refractivity contribution in [3.63, 3.8) is 0 Å². The van der Waals surface area contributed by atoms with E-state index in [2.05, 4.69) is 20.6 Å². The molecule has 24 heavy (non-hydrogen) atoms. The lowest BCUT2D eigenvalue weighted by Gasteiger charge is -2.08. The molecule has 0 aliphatic heterocycles. The molecule has 1 aromatic carbocycles. The van der Waals surface area contributed by atoms with Gasteiger partial charge in [-0.25, -0.2) is 9.78 Å². The van der Waals surface area contributed by atoms with Gasteiger partial charge in [0.05, 0.1) is 10.0 Å². The van der Waals surface area contributed by atoms with E-state index in [1.54, 1.807) is 12.1 Å². The third kappa shape index (κ3) is 4.19. The Hall–Kier alpha value is -2.24. The SMILES string of the molecule is O=C(NCCc1ccc2cc[nH]c2n1)NCc1ccc(Cl)c(Cl)c1. The molecule has 0 aliphatic rings. The zero-order chi connectivity index (χ0) is 16.9. The molecule has 2 amide bonds. The van der Waals surface area contributed by atoms with E-state index in [9.17, 15) is 4.79 Å². The Morgan fingerprint density at radius 3 is 2.79 bits per heavy atom. The van der Waals surface area contributed by atoms with E-state index < -0.39 is 0 Å². The van der Waals surface area contributed by atoms with Gasteiger partial charge in [-0.15, -0.1) is 0 Å². The number of benzene rings is 1. The quantitative estimate of drug-likeness (QED) is 0.643. The summed E-state index contributed by atoms with van der Waals surface area (Å²) in [5.74, 6) is 0. The van der Waals surface area contributed by atoms with Crippen LogP contribution in [0.2, 0.25) is 10.0 Å². The average molecular weight is 363 g/mol. The topological polar surface area (TPSA) is 69.8 Å². The van der Waals surface area contributed by atoms with Crippen LogP contribution in [0.25, 0.3) is 11.0 Å². The first-order chi connectivity index (χ1) is 11.6. The average Bonchev–Trinajstić information content (AvgIpc) is 3.04. The van der Waals surface area contributed by atoms with Crippen LogP contribution in [0.5, 0.6) is 0 Å². The molecule has 124 valence electrons. The van der Waals surface area contributed by atoms with Crippen LogP contribution in [-0.4, -0.2) is 22.5 Å². The summed E-state index contributed by atoms with van der Waals surface area (Å²) in [6, 6.07) is 11.0. The third-order valence-corrected chi connectivity index (χ3v) is 4.31. The highest BCUT2D eigenvalue weighted by Gasteiger charge is 2.04. The number of halogens is 2. The van der Waals surface area contributed by atoms with Crippen molar-refractivity contribution >= 4 is 40.3 Å². The van der Waals surface area contributed by atoms with Crippen molar-refractivity contribution in [2.75, 3.05) is 6.54 Å². The number of fused-ring (bicyclic) bond motifs is 1. The fourth-order valence-electron chi connectivity index (χ4n) is 2.31. The minimum absolute atomic E-state index is 0.234. The van der Waals surface area contributed by atoms with E-state index in [0.29, 0.717) is 29.6 Å². The molecule has 7 heteroatoms. The number of aromatic amines is 1. The molecule has 0 fully saturated rings. The number of amides is 2.